The van der Waals surface area contributed by atoms with E-state index in [1.165, 1.54) is 6.07 Å². The van der Waals surface area contributed by atoms with Crippen LogP contribution in [0.1, 0.15) is 27.8 Å². The number of hydrogen-bond donors (Lipinski definition) is 1. The number of nitrogens with zero attached hydrogens (tertiary/aromatic N) is 1. The number of amides is 3. The molecule has 0 bridgehead atoms. The third kappa shape index (κ3) is 4.00. The summed E-state index contributed by atoms with van der Waals surface area (Å²) in [5.41, 5.74) is 2.04. The van der Waals surface area contributed by atoms with Crippen molar-refractivity contribution in [2.75, 3.05) is 14.2 Å². The van der Waals surface area contributed by atoms with Gasteiger partial charge in [0.1, 0.15) is 17.1 Å². The molecule has 0 aliphatic carbocycles. The molecule has 1 saturated heterocycles. The highest BCUT2D eigenvalue weighted by molar-refractivity contribution is 6.09. The van der Waals surface area contributed by atoms with Gasteiger partial charge in [-0.2, -0.15) is 0 Å². The van der Waals surface area contributed by atoms with Gasteiger partial charge < -0.3 is 19.2 Å². The molecule has 1 aromatic heterocycles. The number of carbonyl (C=O) groups excluding carboxylic acids is 2. The maximum Gasteiger partial charge on any atom is 0.336 e. The summed E-state index contributed by atoms with van der Waals surface area (Å²) >= 11 is 0. The van der Waals surface area contributed by atoms with Gasteiger partial charge in [0.15, 0.2) is 5.54 Å². The molecule has 8 nitrogen and oxygen atoms in total. The first-order valence-corrected chi connectivity index (χ1v) is 11.7. The van der Waals surface area contributed by atoms with E-state index in [1.807, 2.05) is 19.9 Å². The average molecular weight is 499 g/mol. The number of fused-ring (bicyclic) bond motifs is 1. The highest BCUT2D eigenvalue weighted by Crippen LogP contribution is 2.38. The standard InChI is InChI=1S/C29H26N2O6/c1-17-13-24-19(15-26(32)37-25(24)14-18(17)2)16-31-27(33)29(30-28(31)34,20-5-9-22(35-3)10-6-20)21-7-11-23(36-4)12-8-21/h5-15H,16H2,1-4H3,(H,30,34). The molecule has 0 saturated carbocycles. The minimum atomic E-state index is -1.47. The Bertz CT molecular complexity index is 1520. The lowest BCUT2D eigenvalue weighted by molar-refractivity contribution is -0.130. The zero-order chi connectivity index (χ0) is 26.3. The van der Waals surface area contributed by atoms with Crippen LogP contribution in [-0.4, -0.2) is 31.1 Å². The van der Waals surface area contributed by atoms with Gasteiger partial charge >= 0.3 is 11.7 Å². The van der Waals surface area contributed by atoms with Crippen molar-refractivity contribution in [2.45, 2.75) is 25.9 Å². The number of aryl methyl sites for hydroxylation is 2. The van der Waals surface area contributed by atoms with Crippen LogP contribution in [0.5, 0.6) is 11.5 Å². The second-order valence-electron chi connectivity index (χ2n) is 9.05. The van der Waals surface area contributed by atoms with E-state index < -0.39 is 23.1 Å². The fourth-order valence-electron chi connectivity index (χ4n) is 4.74. The Kier molecular flexibility index (Phi) is 5.95. The van der Waals surface area contributed by atoms with Crippen molar-refractivity contribution in [3.8, 4) is 11.5 Å². The quantitative estimate of drug-likeness (QED) is 0.312. The van der Waals surface area contributed by atoms with Crippen molar-refractivity contribution in [3.05, 3.63) is 105 Å². The van der Waals surface area contributed by atoms with Gasteiger partial charge in [-0.3, -0.25) is 9.69 Å². The van der Waals surface area contributed by atoms with Gasteiger partial charge in [0, 0.05) is 11.5 Å². The normalized spacial score (nSPS) is 14.6. The van der Waals surface area contributed by atoms with Gasteiger partial charge in [0.2, 0.25) is 0 Å². The number of methoxy groups -OCH3 is 2. The van der Waals surface area contributed by atoms with Crippen molar-refractivity contribution in [2.24, 2.45) is 0 Å². The lowest BCUT2D eigenvalue weighted by Gasteiger charge is -2.28. The van der Waals surface area contributed by atoms with E-state index in [9.17, 15) is 14.4 Å². The number of imide groups is 1. The van der Waals surface area contributed by atoms with Crippen LogP contribution < -0.4 is 20.4 Å². The summed E-state index contributed by atoms with van der Waals surface area (Å²) in [5.74, 6) is 0.781. The van der Waals surface area contributed by atoms with Gasteiger partial charge in [-0.25, -0.2) is 9.59 Å². The minimum absolute atomic E-state index is 0.0939. The summed E-state index contributed by atoms with van der Waals surface area (Å²) < 4.78 is 16.0. The molecular weight excluding hydrogens is 472 g/mol. The third-order valence-electron chi connectivity index (χ3n) is 6.92. The Morgan fingerprint density at radius 2 is 1.35 bits per heavy atom. The molecule has 4 aromatic rings. The summed E-state index contributed by atoms with van der Waals surface area (Å²) in [6, 6.07) is 18.4. The van der Waals surface area contributed by atoms with Crippen molar-refractivity contribution in [3.63, 3.8) is 0 Å². The van der Waals surface area contributed by atoms with Crippen LogP contribution in [0.15, 0.2) is 75.9 Å². The van der Waals surface area contributed by atoms with Crippen LogP contribution in [-0.2, 0) is 16.9 Å². The van der Waals surface area contributed by atoms with Crippen LogP contribution in [0.4, 0.5) is 4.79 Å². The molecule has 3 aromatic carbocycles. The van der Waals surface area contributed by atoms with Gasteiger partial charge in [0.25, 0.3) is 5.91 Å². The highest BCUT2D eigenvalue weighted by Gasteiger charge is 2.53. The number of carbonyl (C=O) groups is 2. The maximum atomic E-state index is 14.2. The molecule has 2 heterocycles. The number of hydrogen-bond acceptors (Lipinski definition) is 6. The molecule has 0 atom stereocenters. The first-order chi connectivity index (χ1) is 17.8. The van der Waals surface area contributed by atoms with Crippen molar-refractivity contribution >= 4 is 22.9 Å². The molecule has 0 unspecified atom stereocenters. The molecule has 1 aliphatic rings. The van der Waals surface area contributed by atoms with E-state index in [-0.39, 0.29) is 6.54 Å². The molecule has 1 fully saturated rings. The topological polar surface area (TPSA) is 98.1 Å². The van der Waals surface area contributed by atoms with E-state index in [0.29, 0.717) is 39.2 Å². The third-order valence-corrected chi connectivity index (χ3v) is 6.92. The summed E-state index contributed by atoms with van der Waals surface area (Å²) in [7, 11) is 3.12. The van der Waals surface area contributed by atoms with Gasteiger partial charge in [-0.1, -0.05) is 24.3 Å². The van der Waals surface area contributed by atoms with Crippen molar-refractivity contribution in [1.29, 1.82) is 0 Å². The number of nitrogens with one attached hydrogen (secondary N) is 1. The molecule has 1 aliphatic heterocycles. The molecule has 0 spiro atoms. The fourth-order valence-corrected chi connectivity index (χ4v) is 4.74. The molecule has 5 rings (SSSR count). The predicted octanol–water partition coefficient (Wildman–Crippen LogP) is 4.42. The fraction of sp³-hybridized carbons (Fsp3) is 0.207. The van der Waals surface area contributed by atoms with Crippen LogP contribution in [0.25, 0.3) is 11.0 Å². The van der Waals surface area contributed by atoms with E-state index in [4.69, 9.17) is 13.9 Å². The molecule has 37 heavy (non-hydrogen) atoms. The second-order valence-corrected chi connectivity index (χ2v) is 9.05. The predicted molar refractivity (Wildman–Crippen MR) is 138 cm³/mol. The van der Waals surface area contributed by atoms with E-state index in [1.54, 1.807) is 68.8 Å². The average Bonchev–Trinajstić information content (AvgIpc) is 3.15. The van der Waals surface area contributed by atoms with E-state index in [0.717, 1.165) is 16.0 Å². The Morgan fingerprint density at radius 1 is 0.811 bits per heavy atom. The van der Waals surface area contributed by atoms with E-state index >= 15 is 0 Å². The van der Waals surface area contributed by atoms with Gasteiger partial charge in [0.05, 0.1) is 20.8 Å². The molecular formula is C29H26N2O6. The van der Waals surface area contributed by atoms with Crippen LogP contribution in [0.3, 0.4) is 0 Å². The first-order valence-electron chi connectivity index (χ1n) is 11.7. The Balaban J connectivity index is 1.63. The number of rotatable bonds is 6. The van der Waals surface area contributed by atoms with E-state index in [2.05, 4.69) is 5.32 Å². The monoisotopic (exact) mass is 498 g/mol. The first kappa shape index (κ1) is 24.1. The lowest BCUT2D eigenvalue weighted by Crippen LogP contribution is -2.45. The smallest absolute Gasteiger partial charge is 0.336 e. The van der Waals surface area contributed by atoms with Crippen molar-refractivity contribution in [1.82, 2.24) is 10.2 Å². The molecule has 1 N–H and O–H groups in total. The lowest BCUT2D eigenvalue weighted by atomic mass is 9.82. The molecule has 0 radical (unpaired) electrons. The number of benzene rings is 3. The second kappa shape index (κ2) is 9.13. The van der Waals surface area contributed by atoms with Crippen molar-refractivity contribution < 1.29 is 23.5 Å². The van der Waals surface area contributed by atoms with Gasteiger partial charge in [-0.15, -0.1) is 0 Å². The largest absolute Gasteiger partial charge is 0.497 e. The number of urea groups is 1. The summed E-state index contributed by atoms with van der Waals surface area (Å²) in [6.07, 6.45) is 0. The van der Waals surface area contributed by atoms with Gasteiger partial charge in [-0.05, 0) is 78.1 Å². The zero-order valence-corrected chi connectivity index (χ0v) is 21.0. The van der Waals surface area contributed by atoms with Crippen LogP contribution in [0.2, 0.25) is 0 Å². The minimum Gasteiger partial charge on any atom is -0.497 e. The Morgan fingerprint density at radius 3 is 1.89 bits per heavy atom. The Labute approximate surface area is 213 Å². The molecule has 188 valence electrons. The molecule has 8 heteroatoms. The highest BCUT2D eigenvalue weighted by atomic mass is 16.5. The summed E-state index contributed by atoms with van der Waals surface area (Å²) in [5, 5.41) is 3.61. The molecule has 3 amide bonds. The Hall–Kier alpha value is -4.59. The SMILES string of the molecule is COc1ccc(C2(c3ccc(OC)cc3)NC(=O)N(Cc3cc(=O)oc4cc(C)c(C)cc34)C2=O)cc1. The number of ether oxygens (including phenoxy) is 2. The zero-order valence-electron chi connectivity index (χ0n) is 21.0. The summed E-state index contributed by atoms with van der Waals surface area (Å²) in [4.78, 5) is 41.0. The van der Waals surface area contributed by atoms with Crippen LogP contribution >= 0.6 is 0 Å². The maximum absolute atomic E-state index is 14.2. The summed E-state index contributed by atoms with van der Waals surface area (Å²) in [6.45, 7) is 3.79. The van der Waals surface area contributed by atoms with Crippen LogP contribution in [0, 0.1) is 13.8 Å².